The molecule has 3 N–H and O–H groups in total. The van der Waals surface area contributed by atoms with E-state index in [2.05, 4.69) is 16.0 Å². The molecule has 9 nitrogen and oxygen atoms in total. The summed E-state index contributed by atoms with van der Waals surface area (Å²) in [6.45, 7) is 2.17. The van der Waals surface area contributed by atoms with Crippen LogP contribution in [0.15, 0.2) is 60.7 Å². The molecule has 4 rings (SSSR count). The van der Waals surface area contributed by atoms with Gasteiger partial charge in [-0.25, -0.2) is 4.79 Å². The van der Waals surface area contributed by atoms with Crippen molar-refractivity contribution in [3.63, 3.8) is 0 Å². The van der Waals surface area contributed by atoms with Crippen molar-refractivity contribution in [2.24, 2.45) is 5.92 Å². The summed E-state index contributed by atoms with van der Waals surface area (Å²) >= 11 is 0. The van der Waals surface area contributed by atoms with Gasteiger partial charge in [-0.15, -0.1) is 12.4 Å². The molecule has 1 saturated carbocycles. The summed E-state index contributed by atoms with van der Waals surface area (Å²) in [5, 5.41) is 8.92. The highest BCUT2D eigenvalue weighted by atomic mass is 35.5. The second-order valence-electron chi connectivity index (χ2n) is 11.4. The SMILES string of the molecule is CN[C@@H](C)C(=O)N[C@H](C(=O)N1CCC[C@H]1C(=O)N[C@H](C(=O)OC)C(c1ccccc1)c1ccccc1)C1CCCCC1.Cl. The van der Waals surface area contributed by atoms with Gasteiger partial charge < -0.3 is 25.6 Å². The molecular formula is C33H45ClN4O5. The summed E-state index contributed by atoms with van der Waals surface area (Å²) in [5.74, 6) is -1.90. The van der Waals surface area contributed by atoms with E-state index in [1.54, 1.807) is 18.9 Å². The van der Waals surface area contributed by atoms with E-state index >= 15 is 0 Å². The summed E-state index contributed by atoms with van der Waals surface area (Å²) < 4.78 is 5.18. The number of esters is 1. The van der Waals surface area contributed by atoms with Crippen LogP contribution in [0.4, 0.5) is 0 Å². The van der Waals surface area contributed by atoms with E-state index in [1.807, 2.05) is 60.7 Å². The van der Waals surface area contributed by atoms with E-state index in [0.717, 1.165) is 43.2 Å². The molecule has 0 radical (unpaired) electrons. The Morgan fingerprint density at radius 1 is 0.837 bits per heavy atom. The van der Waals surface area contributed by atoms with E-state index in [9.17, 15) is 19.2 Å². The fourth-order valence-corrected chi connectivity index (χ4v) is 6.29. The highest BCUT2D eigenvalue weighted by Gasteiger charge is 2.43. The van der Waals surface area contributed by atoms with Crippen LogP contribution >= 0.6 is 12.4 Å². The third-order valence-corrected chi connectivity index (χ3v) is 8.75. The van der Waals surface area contributed by atoms with Crippen molar-refractivity contribution in [3.8, 4) is 0 Å². The minimum Gasteiger partial charge on any atom is -0.467 e. The third kappa shape index (κ3) is 8.36. The number of methoxy groups -OCH3 is 1. The van der Waals surface area contributed by atoms with Crippen molar-refractivity contribution in [3.05, 3.63) is 71.8 Å². The number of carbonyl (C=O) groups excluding carboxylic acids is 4. The molecule has 3 amide bonds. The van der Waals surface area contributed by atoms with E-state index in [-0.39, 0.29) is 30.1 Å². The van der Waals surface area contributed by atoms with Crippen LogP contribution in [0.1, 0.15) is 68.9 Å². The minimum absolute atomic E-state index is 0. The number of benzene rings is 2. The summed E-state index contributed by atoms with van der Waals surface area (Å²) in [6, 6.07) is 16.2. The van der Waals surface area contributed by atoms with Crippen LogP contribution in [-0.4, -0.2) is 73.5 Å². The number of likely N-dealkylation sites (tertiary alicyclic amines) is 1. The second kappa shape index (κ2) is 16.4. The van der Waals surface area contributed by atoms with Gasteiger partial charge in [0.25, 0.3) is 0 Å². The van der Waals surface area contributed by atoms with E-state index in [1.165, 1.54) is 7.11 Å². The van der Waals surface area contributed by atoms with Crippen LogP contribution in [0.25, 0.3) is 0 Å². The smallest absolute Gasteiger partial charge is 0.329 e. The number of halogens is 1. The number of nitrogens with one attached hydrogen (secondary N) is 3. The molecule has 1 aliphatic carbocycles. The summed E-state index contributed by atoms with van der Waals surface area (Å²) in [4.78, 5) is 55.7. The molecule has 4 atom stereocenters. The van der Waals surface area contributed by atoms with Gasteiger partial charge in [0.2, 0.25) is 17.7 Å². The Bertz CT molecular complexity index is 1170. The van der Waals surface area contributed by atoms with Crippen LogP contribution < -0.4 is 16.0 Å². The van der Waals surface area contributed by atoms with Crippen molar-refractivity contribution >= 4 is 36.1 Å². The summed E-state index contributed by atoms with van der Waals surface area (Å²) in [7, 11) is 3.02. The van der Waals surface area contributed by atoms with Gasteiger partial charge in [0.05, 0.1) is 13.2 Å². The first-order valence-electron chi connectivity index (χ1n) is 15.1. The molecule has 1 saturated heterocycles. The van der Waals surface area contributed by atoms with E-state index in [0.29, 0.717) is 19.4 Å². The maximum atomic E-state index is 14.1. The average molecular weight is 613 g/mol. The topological polar surface area (TPSA) is 117 Å². The Balaban J connectivity index is 0.00000506. The van der Waals surface area contributed by atoms with Gasteiger partial charge in [0.1, 0.15) is 18.1 Å². The van der Waals surface area contributed by atoms with Crippen molar-refractivity contribution in [2.75, 3.05) is 20.7 Å². The van der Waals surface area contributed by atoms with Crippen LogP contribution in [-0.2, 0) is 23.9 Å². The Labute approximate surface area is 260 Å². The largest absolute Gasteiger partial charge is 0.467 e. The van der Waals surface area contributed by atoms with Gasteiger partial charge in [-0.2, -0.15) is 0 Å². The number of hydrogen-bond acceptors (Lipinski definition) is 6. The maximum Gasteiger partial charge on any atom is 0.329 e. The van der Waals surface area contributed by atoms with Crippen molar-refractivity contribution in [1.82, 2.24) is 20.9 Å². The molecule has 2 aliphatic rings. The number of hydrogen-bond donors (Lipinski definition) is 3. The first-order chi connectivity index (χ1) is 20.3. The molecule has 1 heterocycles. The van der Waals surface area contributed by atoms with Crippen LogP contribution in [0, 0.1) is 5.92 Å². The molecule has 2 aromatic rings. The highest BCUT2D eigenvalue weighted by Crippen LogP contribution is 2.31. The maximum absolute atomic E-state index is 14.1. The Kier molecular flexibility index (Phi) is 13.0. The number of rotatable bonds is 11. The number of carbonyl (C=O) groups is 4. The fourth-order valence-electron chi connectivity index (χ4n) is 6.29. The van der Waals surface area contributed by atoms with E-state index < -0.39 is 42.0 Å². The lowest BCUT2D eigenvalue weighted by molar-refractivity contribution is -0.147. The lowest BCUT2D eigenvalue weighted by Gasteiger charge is -2.35. The summed E-state index contributed by atoms with van der Waals surface area (Å²) in [5.41, 5.74) is 1.72. The predicted molar refractivity (Wildman–Crippen MR) is 168 cm³/mol. The predicted octanol–water partition coefficient (Wildman–Crippen LogP) is 3.56. The zero-order valence-electron chi connectivity index (χ0n) is 25.3. The van der Waals surface area contributed by atoms with Gasteiger partial charge in [0, 0.05) is 12.5 Å². The van der Waals surface area contributed by atoms with Crippen molar-refractivity contribution < 1.29 is 23.9 Å². The van der Waals surface area contributed by atoms with Gasteiger partial charge >= 0.3 is 5.97 Å². The normalized spacial score (nSPS) is 19.1. The molecule has 0 bridgehead atoms. The highest BCUT2D eigenvalue weighted by molar-refractivity contribution is 5.95. The zero-order chi connectivity index (χ0) is 30.1. The summed E-state index contributed by atoms with van der Waals surface area (Å²) in [6.07, 6.45) is 5.99. The number of likely N-dealkylation sites (N-methyl/N-ethyl adjacent to an activating group) is 1. The number of nitrogens with zero attached hydrogens (tertiary/aromatic N) is 1. The first-order valence-corrected chi connectivity index (χ1v) is 15.1. The molecule has 10 heteroatoms. The van der Waals surface area contributed by atoms with Crippen molar-refractivity contribution in [2.45, 2.75) is 82.0 Å². The number of ether oxygens (including phenoxy) is 1. The van der Waals surface area contributed by atoms with Crippen LogP contribution in [0.3, 0.4) is 0 Å². The molecule has 1 aliphatic heterocycles. The fraction of sp³-hybridized carbons (Fsp3) is 0.515. The molecule has 0 spiro atoms. The molecule has 0 unspecified atom stereocenters. The molecule has 234 valence electrons. The van der Waals surface area contributed by atoms with Crippen molar-refractivity contribution in [1.29, 1.82) is 0 Å². The zero-order valence-corrected chi connectivity index (χ0v) is 26.1. The van der Waals surface area contributed by atoms with Crippen LogP contribution in [0.2, 0.25) is 0 Å². The Hall–Kier alpha value is -3.43. The molecule has 0 aromatic heterocycles. The lowest BCUT2D eigenvalue weighted by atomic mass is 9.83. The molecule has 2 fully saturated rings. The van der Waals surface area contributed by atoms with Gasteiger partial charge in [-0.3, -0.25) is 14.4 Å². The second-order valence-corrected chi connectivity index (χ2v) is 11.4. The first kappa shape index (κ1) is 34.1. The van der Waals surface area contributed by atoms with Gasteiger partial charge in [0.15, 0.2) is 0 Å². The molecule has 2 aromatic carbocycles. The number of amides is 3. The lowest BCUT2D eigenvalue weighted by Crippen LogP contribution is -2.59. The minimum atomic E-state index is -1.00. The Morgan fingerprint density at radius 3 is 1.95 bits per heavy atom. The van der Waals surface area contributed by atoms with Gasteiger partial charge in [-0.05, 0) is 56.7 Å². The monoisotopic (exact) mass is 612 g/mol. The molecular weight excluding hydrogens is 568 g/mol. The third-order valence-electron chi connectivity index (χ3n) is 8.75. The molecule has 43 heavy (non-hydrogen) atoms. The van der Waals surface area contributed by atoms with Crippen LogP contribution in [0.5, 0.6) is 0 Å². The average Bonchev–Trinajstić information content (AvgIpc) is 3.54. The van der Waals surface area contributed by atoms with E-state index in [4.69, 9.17) is 4.74 Å². The standard InChI is InChI=1S/C33H44N4O5.ClH/c1-22(34-2)30(38)35-28(25-18-11-6-12-19-25)32(40)37-21-13-20-26(37)31(39)36-29(33(41)42-3)27(23-14-7-4-8-15-23)24-16-9-5-10-17-24;/h4-5,7-10,14-17,22,25-29,34H,6,11-13,18-21H2,1-3H3,(H,35,38)(H,36,39);1H/t22-,26-,28-,29-;/m0./s1. The van der Waals surface area contributed by atoms with Gasteiger partial charge in [-0.1, -0.05) is 79.9 Å². The Morgan fingerprint density at radius 2 is 1.42 bits per heavy atom. The quantitative estimate of drug-likeness (QED) is 0.334.